The van der Waals surface area contributed by atoms with Gasteiger partial charge in [0.05, 0.1) is 6.42 Å². The maximum Gasteiger partial charge on any atom is 0.169 e. The zero-order valence-electron chi connectivity index (χ0n) is 9.01. The zero-order valence-corrected chi connectivity index (χ0v) is 9.01. The van der Waals surface area contributed by atoms with Crippen LogP contribution >= 0.6 is 0 Å². The number of aromatic nitrogens is 3. The molecule has 2 unspecified atom stereocenters. The summed E-state index contributed by atoms with van der Waals surface area (Å²) in [5.41, 5.74) is 0. The molecule has 2 rings (SSSR count). The number of carbonyl (C=O) groups excluding carboxylic acids is 1. The Hall–Kier alpha value is -1.23. The second-order valence-corrected chi connectivity index (χ2v) is 4.00. The minimum atomic E-state index is -0.248. The van der Waals surface area contributed by atoms with E-state index in [4.69, 9.17) is 4.74 Å². The summed E-state index contributed by atoms with van der Waals surface area (Å²) in [4.78, 5) is 15.9. The predicted octanol–water partition coefficient (Wildman–Crippen LogP) is 0.352. The molecule has 0 saturated carbocycles. The lowest BCUT2D eigenvalue weighted by molar-refractivity contribution is -0.128. The van der Waals surface area contributed by atoms with Gasteiger partial charge in [-0.05, 0) is 12.3 Å². The van der Waals surface area contributed by atoms with Gasteiger partial charge in [0.15, 0.2) is 5.78 Å². The highest BCUT2D eigenvalue weighted by atomic mass is 16.5. The Labute approximate surface area is 88.4 Å². The average molecular weight is 209 g/mol. The van der Waals surface area contributed by atoms with Crippen LogP contribution in [0.25, 0.3) is 0 Å². The van der Waals surface area contributed by atoms with Crippen LogP contribution in [-0.2, 0) is 23.0 Å². The second-order valence-electron chi connectivity index (χ2n) is 4.00. The highest BCUT2D eigenvalue weighted by Crippen LogP contribution is 2.21. The normalized spacial score (nSPS) is 25.7. The van der Waals surface area contributed by atoms with Crippen LogP contribution in [0.2, 0.25) is 0 Å². The smallest absolute Gasteiger partial charge is 0.169 e. The van der Waals surface area contributed by atoms with Crippen molar-refractivity contribution in [3.8, 4) is 0 Å². The summed E-state index contributed by atoms with van der Waals surface area (Å²) in [5, 5.41) is 3.93. The summed E-state index contributed by atoms with van der Waals surface area (Å²) in [7, 11) is 1.79. The summed E-state index contributed by atoms with van der Waals surface area (Å²) >= 11 is 0. The first-order valence-corrected chi connectivity index (χ1v) is 5.15. The molecule has 82 valence electrons. The second kappa shape index (κ2) is 4.10. The number of nitrogens with zero attached hydrogens (tertiary/aromatic N) is 3. The molecular weight excluding hydrogens is 194 g/mol. The molecule has 0 N–H and O–H groups in total. The molecule has 0 bridgehead atoms. The fourth-order valence-corrected chi connectivity index (χ4v) is 1.84. The Morgan fingerprint density at radius 2 is 2.53 bits per heavy atom. The topological polar surface area (TPSA) is 57.0 Å². The van der Waals surface area contributed by atoms with E-state index in [1.54, 1.807) is 11.7 Å². The van der Waals surface area contributed by atoms with Crippen LogP contribution in [0.15, 0.2) is 6.33 Å². The van der Waals surface area contributed by atoms with Crippen LogP contribution in [0.3, 0.4) is 0 Å². The summed E-state index contributed by atoms with van der Waals surface area (Å²) in [6, 6.07) is 0. The molecule has 5 heteroatoms. The third kappa shape index (κ3) is 2.07. The van der Waals surface area contributed by atoms with Crippen LogP contribution in [0.1, 0.15) is 19.2 Å². The number of hydrogen-bond donors (Lipinski definition) is 0. The number of rotatable bonds is 3. The van der Waals surface area contributed by atoms with E-state index in [1.165, 1.54) is 6.33 Å². The van der Waals surface area contributed by atoms with Crippen molar-refractivity contribution in [2.24, 2.45) is 13.0 Å². The monoisotopic (exact) mass is 209 g/mol. The zero-order chi connectivity index (χ0) is 10.8. The number of ketones is 1. The summed E-state index contributed by atoms with van der Waals surface area (Å²) in [5.74, 6) is 1.13. The van der Waals surface area contributed by atoms with Crippen molar-refractivity contribution in [3.63, 3.8) is 0 Å². The first kappa shape index (κ1) is 10.3. The molecule has 1 aromatic heterocycles. The van der Waals surface area contributed by atoms with Crippen molar-refractivity contribution in [1.29, 1.82) is 0 Å². The summed E-state index contributed by atoms with van der Waals surface area (Å²) < 4.78 is 7.03. The summed E-state index contributed by atoms with van der Waals surface area (Å²) in [6.07, 6.45) is 2.49. The first-order valence-electron chi connectivity index (χ1n) is 5.15. The van der Waals surface area contributed by atoms with Crippen molar-refractivity contribution in [2.45, 2.75) is 25.9 Å². The van der Waals surface area contributed by atoms with Gasteiger partial charge in [-0.2, -0.15) is 5.10 Å². The molecule has 0 spiro atoms. The molecule has 0 aliphatic carbocycles. The molecule has 1 saturated heterocycles. The van der Waals surface area contributed by atoms with Crippen molar-refractivity contribution >= 4 is 5.78 Å². The molecule has 2 heterocycles. The van der Waals surface area contributed by atoms with Gasteiger partial charge in [-0.3, -0.25) is 9.48 Å². The van der Waals surface area contributed by atoms with Crippen LogP contribution < -0.4 is 0 Å². The van der Waals surface area contributed by atoms with E-state index in [2.05, 4.69) is 10.1 Å². The molecule has 15 heavy (non-hydrogen) atoms. The van der Waals surface area contributed by atoms with Crippen molar-refractivity contribution in [1.82, 2.24) is 14.8 Å². The van der Waals surface area contributed by atoms with E-state index in [0.717, 1.165) is 6.42 Å². The molecule has 0 aromatic carbocycles. The van der Waals surface area contributed by atoms with Crippen molar-refractivity contribution in [2.75, 3.05) is 6.61 Å². The van der Waals surface area contributed by atoms with E-state index in [1.807, 2.05) is 6.92 Å². The average Bonchev–Trinajstić information content (AvgIpc) is 2.76. The molecule has 1 aromatic rings. The molecule has 1 fully saturated rings. The standard InChI is InChI=1S/C10H15N3O2/c1-7-3-4-15-10(7)8(14)5-9-11-6-12-13(9)2/h6-7,10H,3-5H2,1-2H3. The third-order valence-electron chi connectivity index (χ3n) is 2.84. The van der Waals surface area contributed by atoms with E-state index in [-0.39, 0.29) is 11.9 Å². The highest BCUT2D eigenvalue weighted by Gasteiger charge is 2.31. The molecule has 1 aliphatic rings. The lowest BCUT2D eigenvalue weighted by atomic mass is 9.99. The van der Waals surface area contributed by atoms with Gasteiger partial charge in [0.2, 0.25) is 0 Å². The molecule has 1 aliphatic heterocycles. The third-order valence-corrected chi connectivity index (χ3v) is 2.84. The molecule has 2 atom stereocenters. The molecule has 0 radical (unpaired) electrons. The highest BCUT2D eigenvalue weighted by molar-refractivity contribution is 5.85. The van der Waals surface area contributed by atoms with Gasteiger partial charge in [0, 0.05) is 13.7 Å². The maximum absolute atomic E-state index is 11.9. The number of hydrogen-bond acceptors (Lipinski definition) is 4. The Morgan fingerprint density at radius 3 is 3.07 bits per heavy atom. The fourth-order valence-electron chi connectivity index (χ4n) is 1.84. The number of ether oxygens (including phenoxy) is 1. The van der Waals surface area contributed by atoms with Crippen LogP contribution in [0.4, 0.5) is 0 Å². The van der Waals surface area contributed by atoms with Crippen molar-refractivity contribution in [3.05, 3.63) is 12.2 Å². The Kier molecular flexibility index (Phi) is 2.81. The van der Waals surface area contributed by atoms with Gasteiger partial charge < -0.3 is 4.74 Å². The quantitative estimate of drug-likeness (QED) is 0.721. The number of aryl methyl sites for hydroxylation is 1. The lowest BCUT2D eigenvalue weighted by Gasteiger charge is -2.12. The molecular formula is C10H15N3O2. The van der Waals surface area contributed by atoms with E-state index < -0.39 is 0 Å². The Morgan fingerprint density at radius 1 is 1.73 bits per heavy atom. The van der Waals surface area contributed by atoms with E-state index in [9.17, 15) is 4.79 Å². The van der Waals surface area contributed by atoms with Gasteiger partial charge in [-0.25, -0.2) is 4.98 Å². The van der Waals surface area contributed by atoms with Crippen molar-refractivity contribution < 1.29 is 9.53 Å². The van der Waals surface area contributed by atoms with Gasteiger partial charge >= 0.3 is 0 Å². The summed E-state index contributed by atoms with van der Waals surface area (Å²) in [6.45, 7) is 2.74. The molecule has 0 amide bonds. The first-order chi connectivity index (χ1) is 7.18. The minimum absolute atomic E-state index is 0.108. The predicted molar refractivity (Wildman–Crippen MR) is 53.2 cm³/mol. The van der Waals surface area contributed by atoms with E-state index in [0.29, 0.717) is 24.8 Å². The molecule has 5 nitrogen and oxygen atoms in total. The minimum Gasteiger partial charge on any atom is -0.370 e. The van der Waals surface area contributed by atoms with Crippen LogP contribution in [-0.4, -0.2) is 33.3 Å². The van der Waals surface area contributed by atoms with Gasteiger partial charge in [0.1, 0.15) is 18.3 Å². The van der Waals surface area contributed by atoms with Gasteiger partial charge in [-0.1, -0.05) is 6.92 Å². The van der Waals surface area contributed by atoms with E-state index >= 15 is 0 Å². The van der Waals surface area contributed by atoms with Gasteiger partial charge in [-0.15, -0.1) is 0 Å². The van der Waals surface area contributed by atoms with Crippen LogP contribution in [0.5, 0.6) is 0 Å². The Bertz CT molecular complexity index is 361. The number of carbonyl (C=O) groups is 1. The lowest BCUT2D eigenvalue weighted by Crippen LogP contribution is -2.27. The fraction of sp³-hybridized carbons (Fsp3) is 0.700. The maximum atomic E-state index is 11.9. The Balaban J connectivity index is 2.01. The number of Topliss-reactive ketones (excluding diaryl/α,β-unsaturated/α-hetero) is 1. The van der Waals surface area contributed by atoms with Crippen LogP contribution in [0, 0.1) is 5.92 Å². The SMILES string of the molecule is CC1CCOC1C(=O)Cc1ncnn1C. The largest absolute Gasteiger partial charge is 0.370 e. The van der Waals surface area contributed by atoms with Gasteiger partial charge in [0.25, 0.3) is 0 Å².